The summed E-state index contributed by atoms with van der Waals surface area (Å²) in [6.07, 6.45) is 5.11. The number of nitrogens with zero attached hydrogens (tertiary/aromatic N) is 3. The summed E-state index contributed by atoms with van der Waals surface area (Å²) in [5.74, 6) is -0.567. The van der Waals surface area contributed by atoms with Gasteiger partial charge in [0.05, 0.1) is 5.69 Å². The van der Waals surface area contributed by atoms with Crippen LogP contribution in [-0.2, 0) is 0 Å². The van der Waals surface area contributed by atoms with E-state index in [4.69, 9.17) is 12.2 Å². The normalized spacial score (nSPS) is 10.4. The largest absolute Gasteiger partial charge is 0.332 e. The standard InChI is InChI=1S/C24H19FN6OS/c1-15-7-8-19(28-24(33)31-22(32)16-4-2-6-18(25)12-16)13-21(15)30-23-27-11-9-20(29-23)17-5-3-10-26-14-17/h2-14H,1H3,(H,27,29,30)(H2,28,31,32,33). The van der Waals surface area contributed by atoms with Crippen LogP contribution < -0.4 is 16.0 Å². The third-order valence-electron chi connectivity index (χ3n) is 4.67. The molecule has 4 aromatic rings. The van der Waals surface area contributed by atoms with Gasteiger partial charge in [0.1, 0.15) is 5.82 Å². The minimum atomic E-state index is -0.502. The Morgan fingerprint density at radius 3 is 2.70 bits per heavy atom. The third-order valence-corrected chi connectivity index (χ3v) is 4.87. The van der Waals surface area contributed by atoms with E-state index in [9.17, 15) is 9.18 Å². The van der Waals surface area contributed by atoms with Crippen LogP contribution in [0.15, 0.2) is 79.3 Å². The molecule has 2 aromatic heterocycles. The van der Waals surface area contributed by atoms with Crippen LogP contribution in [0.3, 0.4) is 0 Å². The summed E-state index contributed by atoms with van der Waals surface area (Å²) in [6, 6.07) is 16.5. The second-order valence-electron chi connectivity index (χ2n) is 7.08. The zero-order valence-electron chi connectivity index (χ0n) is 17.5. The average Bonchev–Trinajstić information content (AvgIpc) is 2.82. The van der Waals surface area contributed by atoms with E-state index in [0.717, 1.165) is 28.6 Å². The van der Waals surface area contributed by atoms with E-state index in [1.807, 2.05) is 43.3 Å². The number of hydrogen-bond donors (Lipinski definition) is 3. The molecule has 0 spiro atoms. The van der Waals surface area contributed by atoms with Gasteiger partial charge < -0.3 is 10.6 Å². The maximum atomic E-state index is 13.3. The summed E-state index contributed by atoms with van der Waals surface area (Å²) in [7, 11) is 0. The van der Waals surface area contributed by atoms with Crippen LogP contribution in [-0.4, -0.2) is 26.0 Å². The zero-order valence-corrected chi connectivity index (χ0v) is 18.4. The van der Waals surface area contributed by atoms with Gasteiger partial charge in [-0.1, -0.05) is 12.1 Å². The molecule has 0 atom stereocenters. The summed E-state index contributed by atoms with van der Waals surface area (Å²) in [4.78, 5) is 25.2. The van der Waals surface area contributed by atoms with Crippen molar-refractivity contribution in [3.63, 3.8) is 0 Å². The van der Waals surface area contributed by atoms with Gasteiger partial charge in [0.15, 0.2) is 5.11 Å². The highest BCUT2D eigenvalue weighted by molar-refractivity contribution is 7.80. The number of carbonyl (C=O) groups is 1. The molecule has 0 saturated heterocycles. The SMILES string of the molecule is Cc1ccc(NC(=S)NC(=O)c2cccc(F)c2)cc1Nc1nccc(-c2cccnc2)n1. The van der Waals surface area contributed by atoms with Crippen LogP contribution in [0.5, 0.6) is 0 Å². The number of aryl methyl sites for hydroxylation is 1. The zero-order chi connectivity index (χ0) is 23.2. The number of aromatic nitrogens is 3. The molecule has 0 aliphatic carbocycles. The van der Waals surface area contributed by atoms with Gasteiger partial charge >= 0.3 is 0 Å². The lowest BCUT2D eigenvalue weighted by Gasteiger charge is -2.13. The molecule has 7 nitrogen and oxygen atoms in total. The number of nitrogens with one attached hydrogen (secondary N) is 3. The van der Waals surface area contributed by atoms with Gasteiger partial charge in [-0.3, -0.25) is 15.1 Å². The number of halogens is 1. The number of benzene rings is 2. The van der Waals surface area contributed by atoms with E-state index >= 15 is 0 Å². The van der Waals surface area contributed by atoms with Crippen molar-refractivity contribution in [3.8, 4) is 11.3 Å². The molecule has 164 valence electrons. The molecule has 0 radical (unpaired) electrons. The van der Waals surface area contributed by atoms with Crippen molar-refractivity contribution in [1.29, 1.82) is 0 Å². The Morgan fingerprint density at radius 2 is 1.91 bits per heavy atom. The van der Waals surface area contributed by atoms with Crippen LogP contribution >= 0.6 is 12.2 Å². The maximum absolute atomic E-state index is 13.3. The lowest BCUT2D eigenvalue weighted by Crippen LogP contribution is -2.34. The maximum Gasteiger partial charge on any atom is 0.257 e. The van der Waals surface area contributed by atoms with Crippen molar-refractivity contribution >= 4 is 40.6 Å². The van der Waals surface area contributed by atoms with E-state index in [0.29, 0.717) is 11.6 Å². The molecule has 0 fully saturated rings. The van der Waals surface area contributed by atoms with E-state index in [1.165, 1.54) is 18.2 Å². The minimum absolute atomic E-state index is 0.0916. The summed E-state index contributed by atoms with van der Waals surface area (Å²) in [5.41, 5.74) is 4.18. The lowest BCUT2D eigenvalue weighted by atomic mass is 10.2. The van der Waals surface area contributed by atoms with Gasteiger partial charge in [-0.2, -0.15) is 0 Å². The van der Waals surface area contributed by atoms with Gasteiger partial charge in [0.2, 0.25) is 5.95 Å². The summed E-state index contributed by atoms with van der Waals surface area (Å²) < 4.78 is 13.3. The fraction of sp³-hybridized carbons (Fsp3) is 0.0417. The second kappa shape index (κ2) is 9.92. The molecule has 33 heavy (non-hydrogen) atoms. The highest BCUT2D eigenvalue weighted by Crippen LogP contribution is 2.24. The predicted molar refractivity (Wildman–Crippen MR) is 130 cm³/mol. The molecular formula is C24H19FN6OS. The van der Waals surface area contributed by atoms with Crippen molar-refractivity contribution in [2.75, 3.05) is 10.6 Å². The molecule has 4 rings (SSSR count). The molecule has 9 heteroatoms. The van der Waals surface area contributed by atoms with Crippen molar-refractivity contribution in [2.45, 2.75) is 6.92 Å². The van der Waals surface area contributed by atoms with Gasteiger partial charge in [-0.05, 0) is 73.2 Å². The molecule has 0 aliphatic rings. The molecule has 1 amide bonds. The van der Waals surface area contributed by atoms with E-state index < -0.39 is 11.7 Å². The Hall–Kier alpha value is -4.24. The number of carbonyl (C=O) groups excluding carboxylic acids is 1. The van der Waals surface area contributed by atoms with Crippen LogP contribution in [0.1, 0.15) is 15.9 Å². The Kier molecular flexibility index (Phi) is 6.61. The fourth-order valence-corrected chi connectivity index (χ4v) is 3.23. The Balaban J connectivity index is 1.46. The third kappa shape index (κ3) is 5.72. The van der Waals surface area contributed by atoms with Gasteiger partial charge in [0, 0.05) is 41.1 Å². The molecular weight excluding hydrogens is 439 g/mol. The van der Waals surface area contributed by atoms with Crippen LogP contribution in [0.25, 0.3) is 11.3 Å². The van der Waals surface area contributed by atoms with E-state index in [-0.39, 0.29) is 10.7 Å². The first-order valence-electron chi connectivity index (χ1n) is 9.97. The smallest absolute Gasteiger partial charge is 0.257 e. The molecule has 2 heterocycles. The number of thiocarbonyl (C=S) groups is 1. The number of amides is 1. The van der Waals surface area contributed by atoms with Crippen LogP contribution in [0.2, 0.25) is 0 Å². The number of pyridine rings is 1. The van der Waals surface area contributed by atoms with Gasteiger partial charge in [-0.15, -0.1) is 0 Å². The summed E-state index contributed by atoms with van der Waals surface area (Å²) in [5, 5.41) is 8.82. The van der Waals surface area contributed by atoms with Crippen molar-refractivity contribution < 1.29 is 9.18 Å². The quantitative estimate of drug-likeness (QED) is 0.368. The Bertz CT molecular complexity index is 1320. The summed E-state index contributed by atoms with van der Waals surface area (Å²) in [6.45, 7) is 1.95. The van der Waals surface area contributed by atoms with Crippen molar-refractivity contribution in [1.82, 2.24) is 20.3 Å². The molecule has 0 aliphatic heterocycles. The summed E-state index contributed by atoms with van der Waals surface area (Å²) >= 11 is 5.23. The van der Waals surface area contributed by atoms with Gasteiger partial charge in [-0.25, -0.2) is 14.4 Å². The van der Waals surface area contributed by atoms with Crippen molar-refractivity contribution in [2.24, 2.45) is 0 Å². The topological polar surface area (TPSA) is 91.8 Å². The highest BCUT2D eigenvalue weighted by Gasteiger charge is 2.10. The molecule has 0 unspecified atom stereocenters. The van der Waals surface area contributed by atoms with Gasteiger partial charge in [0.25, 0.3) is 5.91 Å². The predicted octanol–water partition coefficient (Wildman–Crippen LogP) is 4.86. The average molecular weight is 459 g/mol. The molecule has 3 N–H and O–H groups in total. The first kappa shape index (κ1) is 22.0. The first-order valence-corrected chi connectivity index (χ1v) is 10.4. The monoisotopic (exact) mass is 458 g/mol. The van der Waals surface area contributed by atoms with Crippen LogP contribution in [0.4, 0.5) is 21.7 Å². The molecule has 2 aromatic carbocycles. The first-order chi connectivity index (χ1) is 16.0. The lowest BCUT2D eigenvalue weighted by molar-refractivity contribution is 0.0977. The number of hydrogen-bond acceptors (Lipinski definition) is 6. The Morgan fingerprint density at radius 1 is 1.03 bits per heavy atom. The Labute approximate surface area is 195 Å². The van der Waals surface area contributed by atoms with Crippen LogP contribution in [0, 0.1) is 12.7 Å². The van der Waals surface area contributed by atoms with Crippen molar-refractivity contribution in [3.05, 3.63) is 96.2 Å². The molecule has 0 bridgehead atoms. The van der Waals surface area contributed by atoms with E-state index in [2.05, 4.69) is 30.9 Å². The number of rotatable bonds is 5. The second-order valence-corrected chi connectivity index (χ2v) is 7.49. The number of anilines is 3. The minimum Gasteiger partial charge on any atom is -0.332 e. The molecule has 0 saturated carbocycles. The highest BCUT2D eigenvalue weighted by atomic mass is 32.1. The van der Waals surface area contributed by atoms with E-state index in [1.54, 1.807) is 18.6 Å². The fourth-order valence-electron chi connectivity index (χ4n) is 3.02.